The summed E-state index contributed by atoms with van der Waals surface area (Å²) in [5, 5.41) is 1.70. The normalized spacial score (nSPS) is 18.3. The zero-order chi connectivity index (χ0) is 15.0. The first-order valence-corrected chi connectivity index (χ1v) is 7.70. The molecule has 1 fully saturated rings. The van der Waals surface area contributed by atoms with Gasteiger partial charge < -0.3 is 4.74 Å². The lowest BCUT2D eigenvalue weighted by Gasteiger charge is -2.20. The van der Waals surface area contributed by atoms with Crippen molar-refractivity contribution >= 4 is 22.5 Å². The minimum Gasteiger partial charge on any atom is -0.497 e. The number of likely N-dealkylation sites (tertiary alicyclic amines) is 1. The van der Waals surface area contributed by atoms with E-state index in [1.165, 1.54) is 6.42 Å². The van der Waals surface area contributed by atoms with Crippen molar-refractivity contribution in [2.45, 2.75) is 26.8 Å². The van der Waals surface area contributed by atoms with E-state index < -0.39 is 0 Å². The number of hydrogen-bond acceptors (Lipinski definition) is 3. The third kappa shape index (κ3) is 3.14. The predicted molar refractivity (Wildman–Crippen MR) is 87.0 cm³/mol. The van der Waals surface area contributed by atoms with Crippen LogP contribution in [0.3, 0.4) is 0 Å². The van der Waals surface area contributed by atoms with Crippen molar-refractivity contribution in [1.82, 2.24) is 9.88 Å². The Hall–Kier alpha value is -1.32. The molecular formula is C17H21ClN2O. The Balaban J connectivity index is 1.87. The third-order valence-corrected chi connectivity index (χ3v) is 4.53. The molecule has 0 N–H and O–H groups in total. The molecular weight excluding hydrogens is 284 g/mol. The first-order chi connectivity index (χ1) is 9.97. The molecule has 0 amide bonds. The molecule has 1 saturated heterocycles. The van der Waals surface area contributed by atoms with E-state index in [1.807, 2.05) is 18.2 Å². The lowest BCUT2D eigenvalue weighted by molar-refractivity contribution is 0.284. The molecule has 0 radical (unpaired) electrons. The minimum atomic E-state index is 0.407. The average molecular weight is 305 g/mol. The molecule has 0 unspecified atom stereocenters. The van der Waals surface area contributed by atoms with Crippen LogP contribution < -0.4 is 4.74 Å². The van der Waals surface area contributed by atoms with Gasteiger partial charge in [-0.15, -0.1) is 0 Å². The molecule has 0 aliphatic carbocycles. The van der Waals surface area contributed by atoms with Crippen molar-refractivity contribution in [3.8, 4) is 5.75 Å². The Labute approximate surface area is 130 Å². The van der Waals surface area contributed by atoms with Crippen molar-refractivity contribution < 1.29 is 4.74 Å². The molecule has 2 aromatic rings. The Kier molecular flexibility index (Phi) is 3.80. The van der Waals surface area contributed by atoms with Crippen LogP contribution >= 0.6 is 11.6 Å². The van der Waals surface area contributed by atoms with Gasteiger partial charge in [0.05, 0.1) is 12.6 Å². The number of benzene rings is 1. The Morgan fingerprint density at radius 1 is 1.33 bits per heavy atom. The third-order valence-electron chi connectivity index (χ3n) is 4.20. The molecule has 4 heteroatoms. The predicted octanol–water partition coefficient (Wildman–Crippen LogP) is 4.13. The van der Waals surface area contributed by atoms with Gasteiger partial charge in [-0.1, -0.05) is 25.4 Å². The molecule has 2 heterocycles. The van der Waals surface area contributed by atoms with E-state index in [2.05, 4.69) is 29.8 Å². The van der Waals surface area contributed by atoms with Crippen molar-refractivity contribution in [1.29, 1.82) is 0 Å². The van der Waals surface area contributed by atoms with E-state index in [0.29, 0.717) is 10.6 Å². The van der Waals surface area contributed by atoms with E-state index in [4.69, 9.17) is 16.3 Å². The van der Waals surface area contributed by atoms with E-state index in [0.717, 1.165) is 41.9 Å². The summed E-state index contributed by atoms with van der Waals surface area (Å²) >= 11 is 6.37. The van der Waals surface area contributed by atoms with Gasteiger partial charge in [-0.25, -0.2) is 4.98 Å². The second-order valence-electron chi connectivity index (χ2n) is 6.62. The zero-order valence-electron chi connectivity index (χ0n) is 12.8. The van der Waals surface area contributed by atoms with Gasteiger partial charge in [-0.05, 0) is 36.6 Å². The fourth-order valence-corrected chi connectivity index (χ4v) is 3.21. The van der Waals surface area contributed by atoms with Crippen LogP contribution in [0.1, 0.15) is 25.8 Å². The first-order valence-electron chi connectivity index (χ1n) is 7.32. The van der Waals surface area contributed by atoms with E-state index >= 15 is 0 Å². The van der Waals surface area contributed by atoms with E-state index in [1.54, 1.807) is 7.11 Å². The second-order valence-corrected chi connectivity index (χ2v) is 6.98. The summed E-state index contributed by atoms with van der Waals surface area (Å²) in [6, 6.07) is 8.06. The number of pyridine rings is 1. The summed E-state index contributed by atoms with van der Waals surface area (Å²) in [4.78, 5) is 6.98. The van der Waals surface area contributed by atoms with Gasteiger partial charge in [-0.2, -0.15) is 0 Å². The zero-order valence-corrected chi connectivity index (χ0v) is 13.6. The van der Waals surface area contributed by atoms with Gasteiger partial charge in [0.25, 0.3) is 0 Å². The SMILES string of the molecule is COc1ccc2cc(CN3CCC(C)(C)C3)c(Cl)nc2c1. The highest BCUT2D eigenvalue weighted by Crippen LogP contribution is 2.31. The van der Waals surface area contributed by atoms with Crippen LogP contribution in [-0.4, -0.2) is 30.1 Å². The van der Waals surface area contributed by atoms with Crippen LogP contribution in [0.25, 0.3) is 10.9 Å². The number of methoxy groups -OCH3 is 1. The van der Waals surface area contributed by atoms with Crippen molar-refractivity contribution in [3.05, 3.63) is 35.0 Å². The van der Waals surface area contributed by atoms with Gasteiger partial charge in [-0.3, -0.25) is 4.90 Å². The molecule has 3 nitrogen and oxygen atoms in total. The quantitative estimate of drug-likeness (QED) is 0.797. The van der Waals surface area contributed by atoms with Crippen LogP contribution in [0, 0.1) is 5.41 Å². The van der Waals surface area contributed by atoms with Crippen LogP contribution in [0.4, 0.5) is 0 Å². The molecule has 112 valence electrons. The highest BCUT2D eigenvalue weighted by atomic mass is 35.5. The molecule has 1 aromatic heterocycles. The highest BCUT2D eigenvalue weighted by molar-refractivity contribution is 6.30. The largest absolute Gasteiger partial charge is 0.497 e. The van der Waals surface area contributed by atoms with Crippen molar-refractivity contribution in [2.75, 3.05) is 20.2 Å². The summed E-state index contributed by atoms with van der Waals surface area (Å²) in [5.41, 5.74) is 2.39. The number of nitrogens with zero attached hydrogens (tertiary/aromatic N) is 2. The van der Waals surface area contributed by atoms with Gasteiger partial charge >= 0.3 is 0 Å². The Morgan fingerprint density at radius 3 is 2.81 bits per heavy atom. The lowest BCUT2D eigenvalue weighted by atomic mass is 9.93. The maximum Gasteiger partial charge on any atom is 0.134 e. The summed E-state index contributed by atoms with van der Waals surface area (Å²) in [5.74, 6) is 0.806. The van der Waals surface area contributed by atoms with Crippen LogP contribution in [0.15, 0.2) is 24.3 Å². The number of hydrogen-bond donors (Lipinski definition) is 0. The Bertz CT molecular complexity index is 669. The summed E-state index contributed by atoms with van der Waals surface area (Å²) < 4.78 is 5.23. The molecule has 0 spiro atoms. The van der Waals surface area contributed by atoms with Crippen molar-refractivity contribution in [2.24, 2.45) is 5.41 Å². The van der Waals surface area contributed by atoms with Gasteiger partial charge in [0.2, 0.25) is 0 Å². The molecule has 1 aromatic carbocycles. The molecule has 3 rings (SSSR count). The second kappa shape index (κ2) is 5.47. The average Bonchev–Trinajstić information content (AvgIpc) is 2.78. The maximum absolute atomic E-state index is 6.37. The molecule has 0 atom stereocenters. The highest BCUT2D eigenvalue weighted by Gasteiger charge is 2.29. The van der Waals surface area contributed by atoms with Crippen LogP contribution in [0.5, 0.6) is 5.75 Å². The number of rotatable bonds is 3. The summed E-state index contributed by atoms with van der Waals surface area (Å²) in [6.07, 6.45) is 1.24. The monoisotopic (exact) mass is 304 g/mol. The number of halogens is 1. The Morgan fingerprint density at radius 2 is 2.14 bits per heavy atom. The smallest absolute Gasteiger partial charge is 0.134 e. The maximum atomic E-state index is 6.37. The number of aromatic nitrogens is 1. The fourth-order valence-electron chi connectivity index (χ4n) is 3.01. The minimum absolute atomic E-state index is 0.407. The first kappa shape index (κ1) is 14.6. The molecule has 0 bridgehead atoms. The molecule has 0 saturated carbocycles. The van der Waals surface area contributed by atoms with E-state index in [9.17, 15) is 0 Å². The standard InChI is InChI=1S/C17H21ClN2O/c1-17(2)6-7-20(11-17)10-13-8-12-4-5-14(21-3)9-15(12)19-16(13)18/h4-5,8-9H,6-7,10-11H2,1-3H3. The van der Waals surface area contributed by atoms with Crippen LogP contribution in [-0.2, 0) is 6.54 Å². The molecule has 21 heavy (non-hydrogen) atoms. The van der Waals surface area contributed by atoms with Crippen LogP contribution in [0.2, 0.25) is 5.15 Å². The topological polar surface area (TPSA) is 25.4 Å². The van der Waals surface area contributed by atoms with Gasteiger partial charge in [0.1, 0.15) is 10.9 Å². The summed E-state index contributed by atoms with van der Waals surface area (Å²) in [6.45, 7) is 7.75. The van der Waals surface area contributed by atoms with Crippen molar-refractivity contribution in [3.63, 3.8) is 0 Å². The lowest BCUT2D eigenvalue weighted by Crippen LogP contribution is -2.23. The fraction of sp³-hybridized carbons (Fsp3) is 0.471. The number of ether oxygens (including phenoxy) is 1. The summed E-state index contributed by atoms with van der Waals surface area (Å²) in [7, 11) is 1.66. The molecule has 1 aliphatic heterocycles. The molecule has 1 aliphatic rings. The van der Waals surface area contributed by atoms with Gasteiger partial charge in [0.15, 0.2) is 0 Å². The number of fused-ring (bicyclic) bond motifs is 1. The van der Waals surface area contributed by atoms with E-state index in [-0.39, 0.29) is 0 Å². The van der Waals surface area contributed by atoms with Gasteiger partial charge in [0, 0.05) is 30.1 Å².